The number of halogens is 1. The third kappa shape index (κ3) is 47.9. The highest BCUT2D eigenvalue weighted by Gasteiger charge is 2.19. The molecule has 0 unspecified atom stereocenters. The first-order valence-corrected chi connectivity index (χ1v) is 23.3. The number of rotatable bonds is 43. The van der Waals surface area contributed by atoms with Crippen LogP contribution in [0.3, 0.4) is 0 Å². The van der Waals surface area contributed by atoms with Crippen LogP contribution in [0.1, 0.15) is 162 Å². The Kier molecular flexibility index (Phi) is 46.0. The number of ether oxygens (including phenoxy) is 4. The molecule has 0 bridgehead atoms. The third-order valence-corrected chi connectivity index (χ3v) is 9.61. The van der Waals surface area contributed by atoms with Gasteiger partial charge < -0.3 is 45.1 Å². The second kappa shape index (κ2) is 46.4. The Morgan fingerprint density at radius 1 is 0.508 bits per heavy atom. The van der Waals surface area contributed by atoms with Crippen LogP contribution in [0.15, 0.2) is 0 Å². The molecule has 16 heteroatoms. The van der Waals surface area contributed by atoms with Crippen molar-refractivity contribution in [2.24, 2.45) is 0 Å². The highest BCUT2D eigenvalue weighted by atomic mass is 79.9. The molecule has 0 heterocycles. The van der Waals surface area contributed by atoms with Gasteiger partial charge in [0.05, 0.1) is 31.8 Å². The maximum atomic E-state index is 11.9. The summed E-state index contributed by atoms with van der Waals surface area (Å²) in [5, 5.41) is 25.9. The number of hydrogen-bond acceptors (Lipinski definition) is 10. The molecule has 0 saturated heterocycles. The van der Waals surface area contributed by atoms with Gasteiger partial charge in [-0.1, -0.05) is 106 Å². The molecular weight excluding hydrogens is 830 g/mol. The van der Waals surface area contributed by atoms with Gasteiger partial charge in [0.1, 0.15) is 19.3 Å². The quantitative estimate of drug-likeness (QED) is 0.0312. The molecule has 0 aliphatic heterocycles. The van der Waals surface area contributed by atoms with Crippen molar-refractivity contribution in [2.45, 2.75) is 168 Å². The van der Waals surface area contributed by atoms with E-state index < -0.39 is 23.9 Å². The van der Waals surface area contributed by atoms with E-state index >= 15 is 0 Å². The molecule has 5 N–H and O–H groups in total. The lowest BCUT2D eigenvalue weighted by atomic mass is 10.0. The maximum Gasteiger partial charge on any atom is 0.326 e. The Morgan fingerprint density at radius 2 is 1.02 bits per heavy atom. The molecular formula is C43H80BrN3O12. The molecule has 1 atom stereocenters. The predicted octanol–water partition coefficient (Wildman–Crippen LogP) is 6.90. The van der Waals surface area contributed by atoms with Crippen LogP contribution in [0, 0.1) is 0 Å². The van der Waals surface area contributed by atoms with Gasteiger partial charge in [-0.3, -0.25) is 24.0 Å². The number of amides is 3. The number of Topliss-reactive ketones (excluding diaryl/α,β-unsaturated/α-hetero) is 1. The molecule has 0 radical (unpaired) electrons. The van der Waals surface area contributed by atoms with Crippen LogP contribution >= 0.6 is 15.9 Å². The summed E-state index contributed by atoms with van der Waals surface area (Å²) in [5.74, 6) is -2.24. The van der Waals surface area contributed by atoms with E-state index in [0.717, 1.165) is 25.8 Å². The van der Waals surface area contributed by atoms with Crippen LogP contribution in [0.25, 0.3) is 0 Å². The zero-order valence-electron chi connectivity index (χ0n) is 36.5. The van der Waals surface area contributed by atoms with Gasteiger partial charge in [0.2, 0.25) is 17.7 Å². The lowest BCUT2D eigenvalue weighted by Crippen LogP contribution is -2.42. The predicted molar refractivity (Wildman–Crippen MR) is 233 cm³/mol. The summed E-state index contributed by atoms with van der Waals surface area (Å²) >= 11 is 3.04. The third-order valence-electron chi connectivity index (χ3n) is 9.10. The van der Waals surface area contributed by atoms with Gasteiger partial charge in [0.25, 0.3) is 0 Å². The first-order chi connectivity index (χ1) is 28.6. The van der Waals surface area contributed by atoms with Gasteiger partial charge >= 0.3 is 11.9 Å². The minimum Gasteiger partial charge on any atom is -0.481 e. The summed E-state index contributed by atoms with van der Waals surface area (Å²) in [4.78, 5) is 67.5. The number of carboxylic acid groups (broad SMARTS) is 2. The number of carbonyl (C=O) groups is 6. The zero-order valence-corrected chi connectivity index (χ0v) is 38.1. The molecule has 3 amide bonds. The molecule has 0 spiro atoms. The average Bonchev–Trinajstić information content (AvgIpc) is 3.20. The van der Waals surface area contributed by atoms with Crippen molar-refractivity contribution in [1.29, 1.82) is 0 Å². The van der Waals surface area contributed by atoms with Crippen LogP contribution in [0.2, 0.25) is 0 Å². The molecule has 0 aromatic carbocycles. The minimum absolute atomic E-state index is 0.000287. The van der Waals surface area contributed by atoms with Crippen molar-refractivity contribution in [1.82, 2.24) is 16.0 Å². The lowest BCUT2D eigenvalue weighted by molar-refractivity contribution is -0.143. The molecule has 0 rings (SSSR count). The van der Waals surface area contributed by atoms with Crippen LogP contribution in [-0.4, -0.2) is 123 Å². The topological polar surface area (TPSA) is 216 Å². The molecule has 0 aliphatic rings. The molecule has 0 aromatic heterocycles. The Labute approximate surface area is 363 Å². The minimum atomic E-state index is -1.12. The number of ketones is 1. The van der Waals surface area contributed by atoms with Crippen molar-refractivity contribution in [3.63, 3.8) is 0 Å². The van der Waals surface area contributed by atoms with Gasteiger partial charge in [-0.2, -0.15) is 0 Å². The smallest absolute Gasteiger partial charge is 0.326 e. The van der Waals surface area contributed by atoms with Gasteiger partial charge in [-0.25, -0.2) is 4.79 Å². The summed E-state index contributed by atoms with van der Waals surface area (Å²) in [5.41, 5.74) is 0. The first kappa shape index (κ1) is 58.4. The van der Waals surface area contributed by atoms with Gasteiger partial charge in [0, 0.05) is 45.6 Å². The maximum absolute atomic E-state index is 11.9. The standard InChI is InChI=1S/C22H43NO3.C21H37BrN2O9/c1-2-23-21(24)19-17-15-13-11-9-7-5-3-4-6-8-10-12-14-16-18-20-22(25)26;1-2-30-10-12-32-15-17(25)6-5-9-31-11-13-33-16-20(27)24-18(21(28)29)7-3-4-8-23-19(26)14-22/h2-20H2,1H3,(H,23,24)(H,25,26);18H,2-16H2,1H3,(H,23,26)(H,24,27)(H,28,29)/t;18-/m.0/s1. The summed E-state index contributed by atoms with van der Waals surface area (Å²) in [6.45, 7) is 7.14. The second-order valence-corrected chi connectivity index (χ2v) is 15.1. The Morgan fingerprint density at radius 3 is 1.53 bits per heavy atom. The van der Waals surface area contributed by atoms with Crippen LogP contribution in [0.4, 0.5) is 0 Å². The second-order valence-electron chi connectivity index (χ2n) is 14.5. The van der Waals surface area contributed by atoms with Gasteiger partial charge in [-0.15, -0.1) is 0 Å². The SMILES string of the molecule is CCNC(=O)CCCCCCCCCCCCCCCCCCC(=O)O.CCOCCOCC(=O)CCCOCCOCC(=O)N[C@@H](CCCCNC(=O)CBr)C(=O)O. The molecule has 0 aromatic rings. The number of carbonyl (C=O) groups excluding carboxylic acids is 4. The largest absolute Gasteiger partial charge is 0.481 e. The number of unbranched alkanes of at least 4 members (excludes halogenated alkanes) is 16. The monoisotopic (exact) mass is 909 g/mol. The summed E-state index contributed by atoms with van der Waals surface area (Å²) in [6.07, 6.45) is 23.3. The zero-order chi connectivity index (χ0) is 44.0. The summed E-state index contributed by atoms with van der Waals surface area (Å²) in [6, 6.07) is -1.01. The number of carboxylic acids is 2. The summed E-state index contributed by atoms with van der Waals surface area (Å²) in [7, 11) is 0. The number of aliphatic carboxylic acids is 2. The van der Waals surface area contributed by atoms with E-state index in [1.807, 2.05) is 13.8 Å². The fourth-order valence-electron chi connectivity index (χ4n) is 5.84. The highest BCUT2D eigenvalue weighted by Crippen LogP contribution is 2.14. The molecule has 59 heavy (non-hydrogen) atoms. The van der Waals surface area contributed by atoms with Gasteiger partial charge in [-0.05, 0) is 52.4 Å². The highest BCUT2D eigenvalue weighted by molar-refractivity contribution is 9.09. The van der Waals surface area contributed by atoms with E-state index in [9.17, 15) is 33.9 Å². The number of hydrogen-bond donors (Lipinski definition) is 5. The van der Waals surface area contributed by atoms with E-state index in [2.05, 4.69) is 31.9 Å². The van der Waals surface area contributed by atoms with Crippen LogP contribution in [-0.2, 0) is 47.7 Å². The van der Waals surface area contributed by atoms with Crippen molar-refractivity contribution in [3.8, 4) is 0 Å². The van der Waals surface area contributed by atoms with Gasteiger partial charge in [0.15, 0.2) is 5.78 Å². The Balaban J connectivity index is 0. The number of nitrogens with one attached hydrogen (secondary N) is 3. The number of alkyl halides is 1. The summed E-state index contributed by atoms with van der Waals surface area (Å²) < 4.78 is 20.8. The fourth-order valence-corrected chi connectivity index (χ4v) is 6.04. The van der Waals surface area contributed by atoms with E-state index in [1.54, 1.807) is 0 Å². The van der Waals surface area contributed by atoms with E-state index in [4.69, 9.17) is 24.1 Å². The molecule has 0 aliphatic carbocycles. The van der Waals surface area contributed by atoms with Crippen molar-refractivity contribution >= 4 is 51.4 Å². The van der Waals surface area contributed by atoms with E-state index in [0.29, 0.717) is 71.5 Å². The van der Waals surface area contributed by atoms with Crippen molar-refractivity contribution < 1.29 is 57.9 Å². The lowest BCUT2D eigenvalue weighted by Gasteiger charge is -2.14. The van der Waals surface area contributed by atoms with Crippen LogP contribution in [0.5, 0.6) is 0 Å². The normalized spacial score (nSPS) is 11.3. The first-order valence-electron chi connectivity index (χ1n) is 22.2. The molecule has 0 saturated carbocycles. The molecule has 0 fully saturated rings. The molecule has 15 nitrogen and oxygen atoms in total. The Bertz CT molecular complexity index is 1050. The van der Waals surface area contributed by atoms with E-state index in [-0.39, 0.29) is 55.8 Å². The molecule has 346 valence electrons. The Hall–Kier alpha value is -2.66. The average molecular weight is 911 g/mol. The van der Waals surface area contributed by atoms with Crippen molar-refractivity contribution in [2.75, 3.05) is 71.3 Å². The van der Waals surface area contributed by atoms with E-state index in [1.165, 1.54) is 83.5 Å². The van der Waals surface area contributed by atoms with Crippen molar-refractivity contribution in [3.05, 3.63) is 0 Å². The fraction of sp³-hybridized carbons (Fsp3) is 0.860. The van der Waals surface area contributed by atoms with Crippen LogP contribution < -0.4 is 16.0 Å².